The molecule has 0 bridgehead atoms. The molecule has 0 atom stereocenters. The van der Waals surface area contributed by atoms with E-state index in [0.717, 1.165) is 55.8 Å². The summed E-state index contributed by atoms with van der Waals surface area (Å²) in [6, 6.07) is 25.0. The molecule has 2 aliphatic heterocycles. The standard InChI is InChI=1S/C32H35N3O2/c1-24-8-10-26(11-9-24)12-15-32(37)35(30-14-13-28-16-21-34(25(2)36)31(28)22-30)29-17-19-33(20-18-29)23-27-6-4-3-5-7-27/h3-15,22,29H,16-21,23H2,1-2H3/b15-12+. The van der Waals surface area contributed by atoms with Gasteiger partial charge < -0.3 is 9.80 Å². The summed E-state index contributed by atoms with van der Waals surface area (Å²) in [5.74, 6) is 0.0247. The van der Waals surface area contributed by atoms with Gasteiger partial charge in [-0.05, 0) is 61.1 Å². The summed E-state index contributed by atoms with van der Waals surface area (Å²) in [5.41, 5.74) is 6.49. The van der Waals surface area contributed by atoms with Crippen molar-refractivity contribution in [2.45, 2.75) is 45.7 Å². The maximum Gasteiger partial charge on any atom is 0.251 e. The Morgan fingerprint density at radius 2 is 1.68 bits per heavy atom. The van der Waals surface area contributed by atoms with Gasteiger partial charge in [0.15, 0.2) is 0 Å². The van der Waals surface area contributed by atoms with E-state index in [0.29, 0.717) is 6.54 Å². The first-order valence-corrected chi connectivity index (χ1v) is 13.2. The molecule has 0 radical (unpaired) electrons. The van der Waals surface area contributed by atoms with Crippen LogP contribution in [-0.4, -0.2) is 42.4 Å². The summed E-state index contributed by atoms with van der Waals surface area (Å²) in [7, 11) is 0. The SMILES string of the molecule is CC(=O)N1CCc2ccc(N(C(=O)/C=C/c3ccc(C)cc3)C3CCN(Cc4ccccc4)CC3)cc21. The van der Waals surface area contributed by atoms with Crippen molar-refractivity contribution in [3.05, 3.63) is 101 Å². The van der Waals surface area contributed by atoms with E-state index in [4.69, 9.17) is 0 Å². The minimum atomic E-state index is -0.0191. The number of nitrogens with zero attached hydrogens (tertiary/aromatic N) is 3. The van der Waals surface area contributed by atoms with E-state index in [1.165, 1.54) is 16.7 Å². The highest BCUT2D eigenvalue weighted by Gasteiger charge is 2.30. The van der Waals surface area contributed by atoms with Crippen molar-refractivity contribution in [3.8, 4) is 0 Å². The molecule has 1 saturated heterocycles. The normalized spacial score (nSPS) is 16.2. The zero-order valence-electron chi connectivity index (χ0n) is 21.8. The first-order valence-electron chi connectivity index (χ1n) is 13.2. The van der Waals surface area contributed by atoms with Crippen LogP contribution in [0.5, 0.6) is 0 Å². The minimum absolute atomic E-state index is 0.0191. The van der Waals surface area contributed by atoms with Crippen molar-refractivity contribution in [2.75, 3.05) is 29.4 Å². The molecule has 3 aromatic carbocycles. The molecule has 0 saturated carbocycles. The number of fused-ring (bicyclic) bond motifs is 1. The average molecular weight is 494 g/mol. The lowest BCUT2D eigenvalue weighted by Gasteiger charge is -2.38. The maximum absolute atomic E-state index is 13.7. The third-order valence-corrected chi connectivity index (χ3v) is 7.53. The summed E-state index contributed by atoms with van der Waals surface area (Å²) in [5, 5.41) is 0. The van der Waals surface area contributed by atoms with Gasteiger partial charge in [-0.15, -0.1) is 0 Å². The molecule has 2 amide bonds. The van der Waals surface area contributed by atoms with E-state index >= 15 is 0 Å². The first kappa shape index (κ1) is 25.0. The molecule has 0 aliphatic carbocycles. The molecule has 0 spiro atoms. The first-order chi connectivity index (χ1) is 18.0. The van der Waals surface area contributed by atoms with Gasteiger partial charge in [0.2, 0.25) is 5.91 Å². The van der Waals surface area contributed by atoms with E-state index in [-0.39, 0.29) is 17.9 Å². The van der Waals surface area contributed by atoms with E-state index in [9.17, 15) is 9.59 Å². The van der Waals surface area contributed by atoms with Crippen molar-refractivity contribution < 1.29 is 9.59 Å². The average Bonchev–Trinajstić information content (AvgIpc) is 3.34. The molecule has 0 aromatic heterocycles. The van der Waals surface area contributed by atoms with Crippen LogP contribution in [0.2, 0.25) is 0 Å². The summed E-state index contributed by atoms with van der Waals surface area (Å²) in [6.07, 6.45) is 6.26. The second-order valence-corrected chi connectivity index (χ2v) is 10.2. The maximum atomic E-state index is 13.7. The lowest BCUT2D eigenvalue weighted by atomic mass is 10.0. The molecule has 5 rings (SSSR count). The van der Waals surface area contributed by atoms with Crippen LogP contribution in [0.15, 0.2) is 78.9 Å². The molecule has 2 heterocycles. The molecular weight excluding hydrogens is 458 g/mol. The number of carbonyl (C=O) groups is 2. The van der Waals surface area contributed by atoms with E-state index in [1.807, 2.05) is 40.1 Å². The molecule has 3 aromatic rings. The minimum Gasteiger partial charge on any atom is -0.312 e. The number of benzene rings is 3. The van der Waals surface area contributed by atoms with Crippen molar-refractivity contribution in [2.24, 2.45) is 0 Å². The largest absolute Gasteiger partial charge is 0.312 e. The summed E-state index contributed by atoms with van der Waals surface area (Å²) in [4.78, 5) is 32.2. The van der Waals surface area contributed by atoms with Crippen LogP contribution in [-0.2, 0) is 22.6 Å². The predicted molar refractivity (Wildman–Crippen MR) is 151 cm³/mol. The van der Waals surface area contributed by atoms with Gasteiger partial charge in [0, 0.05) is 56.6 Å². The Hall–Kier alpha value is -3.70. The fourth-order valence-corrected chi connectivity index (χ4v) is 5.47. The number of rotatable bonds is 6. The van der Waals surface area contributed by atoms with Crippen LogP contribution in [0.4, 0.5) is 11.4 Å². The highest BCUT2D eigenvalue weighted by Crippen LogP contribution is 2.34. The Morgan fingerprint density at radius 3 is 2.38 bits per heavy atom. The van der Waals surface area contributed by atoms with E-state index in [2.05, 4.69) is 60.4 Å². The van der Waals surface area contributed by atoms with Crippen molar-refractivity contribution in [1.29, 1.82) is 0 Å². The van der Waals surface area contributed by atoms with Crippen LogP contribution in [0, 0.1) is 6.92 Å². The van der Waals surface area contributed by atoms with Gasteiger partial charge in [-0.1, -0.05) is 66.2 Å². The van der Waals surface area contributed by atoms with Crippen LogP contribution >= 0.6 is 0 Å². The van der Waals surface area contributed by atoms with Crippen LogP contribution in [0.25, 0.3) is 6.08 Å². The topological polar surface area (TPSA) is 43.9 Å². The fraction of sp³-hybridized carbons (Fsp3) is 0.312. The van der Waals surface area contributed by atoms with Gasteiger partial charge >= 0.3 is 0 Å². The smallest absolute Gasteiger partial charge is 0.251 e. The van der Waals surface area contributed by atoms with E-state index in [1.54, 1.807) is 13.0 Å². The number of amides is 2. The number of carbonyl (C=O) groups excluding carboxylic acids is 2. The number of hydrogen-bond acceptors (Lipinski definition) is 3. The summed E-state index contributed by atoms with van der Waals surface area (Å²) in [6.45, 7) is 7.18. The van der Waals surface area contributed by atoms with Gasteiger partial charge in [0.1, 0.15) is 0 Å². The van der Waals surface area contributed by atoms with Gasteiger partial charge in [-0.3, -0.25) is 14.5 Å². The highest BCUT2D eigenvalue weighted by atomic mass is 16.2. The van der Waals surface area contributed by atoms with Crippen molar-refractivity contribution in [3.63, 3.8) is 0 Å². The molecule has 2 aliphatic rings. The number of likely N-dealkylation sites (tertiary alicyclic amines) is 1. The Bertz CT molecular complexity index is 1280. The highest BCUT2D eigenvalue weighted by molar-refractivity contribution is 6.05. The van der Waals surface area contributed by atoms with Crippen molar-refractivity contribution >= 4 is 29.3 Å². The third kappa shape index (κ3) is 5.83. The molecule has 0 unspecified atom stereocenters. The van der Waals surface area contributed by atoms with Gasteiger partial charge in [0.05, 0.1) is 0 Å². The monoisotopic (exact) mass is 493 g/mol. The van der Waals surface area contributed by atoms with Gasteiger partial charge in [-0.2, -0.15) is 0 Å². The molecule has 37 heavy (non-hydrogen) atoms. The summed E-state index contributed by atoms with van der Waals surface area (Å²) >= 11 is 0. The Kier molecular flexibility index (Phi) is 7.52. The quantitative estimate of drug-likeness (QED) is 0.419. The Labute approximate surface area is 220 Å². The number of hydrogen-bond donors (Lipinski definition) is 0. The molecule has 1 fully saturated rings. The molecule has 190 valence electrons. The zero-order valence-corrected chi connectivity index (χ0v) is 21.8. The Morgan fingerprint density at radius 1 is 0.946 bits per heavy atom. The lowest BCUT2D eigenvalue weighted by Crippen LogP contribution is -2.47. The summed E-state index contributed by atoms with van der Waals surface area (Å²) < 4.78 is 0. The second kappa shape index (κ2) is 11.1. The van der Waals surface area contributed by atoms with Crippen LogP contribution < -0.4 is 9.80 Å². The van der Waals surface area contributed by atoms with Crippen LogP contribution in [0.1, 0.15) is 42.0 Å². The fourth-order valence-electron chi connectivity index (χ4n) is 5.47. The van der Waals surface area contributed by atoms with Gasteiger partial charge in [-0.25, -0.2) is 0 Å². The lowest BCUT2D eigenvalue weighted by molar-refractivity contribution is -0.116. The predicted octanol–water partition coefficient (Wildman–Crippen LogP) is 5.62. The third-order valence-electron chi connectivity index (χ3n) is 7.53. The molecule has 5 nitrogen and oxygen atoms in total. The number of aryl methyl sites for hydroxylation is 1. The van der Waals surface area contributed by atoms with Crippen molar-refractivity contribution in [1.82, 2.24) is 4.90 Å². The Balaban J connectivity index is 1.38. The number of piperidine rings is 1. The molecule has 5 heteroatoms. The zero-order chi connectivity index (χ0) is 25.8. The van der Waals surface area contributed by atoms with Crippen LogP contribution in [0.3, 0.4) is 0 Å². The molecule has 0 N–H and O–H groups in total. The number of anilines is 2. The second-order valence-electron chi connectivity index (χ2n) is 10.2. The molecular formula is C32H35N3O2. The van der Waals surface area contributed by atoms with E-state index < -0.39 is 0 Å². The van der Waals surface area contributed by atoms with Gasteiger partial charge in [0.25, 0.3) is 5.91 Å².